The van der Waals surface area contributed by atoms with E-state index in [0.717, 1.165) is 17.5 Å². The summed E-state index contributed by atoms with van der Waals surface area (Å²) in [4.78, 5) is 0. The zero-order valence-corrected chi connectivity index (χ0v) is 19.5. The molecular weight excluding hydrogens is 499 g/mol. The summed E-state index contributed by atoms with van der Waals surface area (Å²) in [6, 6.07) is 14.0. The fourth-order valence-corrected chi connectivity index (χ4v) is 2.00. The van der Waals surface area contributed by atoms with Crippen LogP contribution in [0.3, 0.4) is 0 Å². The number of rotatable bonds is 4. The first-order chi connectivity index (χ1) is 12.2. The molecule has 27 heavy (non-hydrogen) atoms. The normalized spacial score (nSPS) is 10.1. The topological polar surface area (TPSA) is 46.1 Å². The molecule has 0 fully saturated rings. The number of benzene rings is 2. The van der Waals surface area contributed by atoms with E-state index in [1.807, 2.05) is 36.4 Å². The van der Waals surface area contributed by atoms with Crippen LogP contribution in [-0.4, -0.2) is 0 Å². The summed E-state index contributed by atoms with van der Waals surface area (Å²) in [7, 11) is 0. The molecule has 0 atom stereocenters. The van der Waals surface area contributed by atoms with E-state index in [9.17, 15) is 10.2 Å². The van der Waals surface area contributed by atoms with Crippen molar-refractivity contribution in [2.75, 3.05) is 0 Å². The third-order valence-corrected chi connectivity index (χ3v) is 3.26. The van der Waals surface area contributed by atoms with Crippen molar-refractivity contribution < 1.29 is 36.1 Å². The zero-order chi connectivity index (χ0) is 18.3. The van der Waals surface area contributed by atoms with Gasteiger partial charge in [-0.2, -0.15) is 6.08 Å². The largest absolute Gasteiger partial charge is 4.00 e. The van der Waals surface area contributed by atoms with E-state index in [2.05, 4.69) is 25.3 Å². The van der Waals surface area contributed by atoms with Crippen molar-refractivity contribution in [2.24, 2.45) is 0 Å². The number of hydrogen-bond acceptors (Lipinski definition) is 2. The van der Waals surface area contributed by atoms with Crippen LogP contribution in [0.5, 0.6) is 11.5 Å². The Morgan fingerprint density at radius 1 is 0.852 bits per heavy atom. The molecule has 0 N–H and O–H groups in total. The molecule has 0 heterocycles. The molecule has 0 spiro atoms. The molecule has 0 amide bonds. The molecule has 3 rings (SSSR count). The number of hydrogen-bond donors (Lipinski definition) is 0. The van der Waals surface area contributed by atoms with Gasteiger partial charge in [0.2, 0.25) is 0 Å². The molecule has 2 nitrogen and oxygen atoms in total. The predicted molar refractivity (Wildman–Crippen MR) is 108 cm³/mol. The molecule has 2 aromatic carbocycles. The van der Waals surface area contributed by atoms with Gasteiger partial charge < -0.3 is 17.6 Å². The first-order valence-corrected chi connectivity index (χ1v) is 8.12. The van der Waals surface area contributed by atoms with Crippen molar-refractivity contribution in [3.63, 3.8) is 0 Å². The number of para-hydroxylation sites is 2. The smallest absolute Gasteiger partial charge is 0.872 e. The first kappa shape index (κ1) is 27.1. The second-order valence-corrected chi connectivity index (χ2v) is 5.20. The van der Waals surface area contributed by atoms with Crippen LogP contribution < -0.4 is 10.2 Å². The van der Waals surface area contributed by atoms with E-state index in [1.165, 1.54) is 0 Å². The maximum Gasteiger partial charge on any atom is 4.00 e. The van der Waals surface area contributed by atoms with Crippen LogP contribution in [0.2, 0.25) is 0 Å². The second-order valence-electron chi connectivity index (χ2n) is 5.20. The van der Waals surface area contributed by atoms with Crippen molar-refractivity contribution in [1.29, 1.82) is 0 Å². The Kier molecular flexibility index (Phi) is 17.4. The minimum Gasteiger partial charge on any atom is -0.872 e. The van der Waals surface area contributed by atoms with Gasteiger partial charge in [0, 0.05) is 0 Å². The van der Waals surface area contributed by atoms with Crippen molar-refractivity contribution in [1.82, 2.24) is 0 Å². The Morgan fingerprint density at radius 2 is 1.30 bits per heavy atom. The fourth-order valence-electron chi connectivity index (χ4n) is 2.00. The maximum absolute atomic E-state index is 11.0. The SMILES string of the molecule is C=CCc1ccccc1[O-].C=CCc1ccccc1[O-].[C-]1=CC=CC1.[CH3-].[Hf+4]. The van der Waals surface area contributed by atoms with E-state index >= 15 is 0 Å². The van der Waals surface area contributed by atoms with Gasteiger partial charge in [0.05, 0.1) is 0 Å². The van der Waals surface area contributed by atoms with Gasteiger partial charge in [-0.25, -0.2) is 12.2 Å². The van der Waals surface area contributed by atoms with E-state index in [0.29, 0.717) is 12.8 Å². The average molecular weight is 525 g/mol. The van der Waals surface area contributed by atoms with Gasteiger partial charge in [-0.15, -0.1) is 31.1 Å². The van der Waals surface area contributed by atoms with E-state index < -0.39 is 0 Å². The van der Waals surface area contributed by atoms with Crippen molar-refractivity contribution >= 4 is 0 Å². The minimum absolute atomic E-state index is 0. The second kappa shape index (κ2) is 17.3. The summed E-state index contributed by atoms with van der Waals surface area (Å²) in [6.07, 6.45) is 14.8. The average Bonchev–Trinajstić information content (AvgIpc) is 3.20. The molecule has 0 unspecified atom stereocenters. The molecule has 0 saturated heterocycles. The molecule has 2 aromatic rings. The molecule has 138 valence electrons. The molecule has 3 heteroatoms. The van der Waals surface area contributed by atoms with Gasteiger partial charge in [0.1, 0.15) is 0 Å². The Balaban J connectivity index is 0. The molecule has 1 aliphatic rings. The summed E-state index contributed by atoms with van der Waals surface area (Å²) >= 11 is 0. The van der Waals surface area contributed by atoms with E-state index in [4.69, 9.17) is 0 Å². The molecule has 0 radical (unpaired) electrons. The Bertz CT molecular complexity index is 656. The van der Waals surface area contributed by atoms with Crippen LogP contribution in [0.4, 0.5) is 0 Å². The zero-order valence-electron chi connectivity index (χ0n) is 15.9. The fraction of sp³-hybridized carbons (Fsp3) is 0.125. The predicted octanol–water partition coefficient (Wildman–Crippen LogP) is 4.73. The Labute approximate surface area is 183 Å². The molecule has 0 aromatic heterocycles. The van der Waals surface area contributed by atoms with Gasteiger partial charge in [0.15, 0.2) is 0 Å². The van der Waals surface area contributed by atoms with Crippen LogP contribution in [0.25, 0.3) is 0 Å². The van der Waals surface area contributed by atoms with E-state index in [1.54, 1.807) is 36.4 Å². The summed E-state index contributed by atoms with van der Waals surface area (Å²) < 4.78 is 0. The Morgan fingerprint density at radius 3 is 1.56 bits per heavy atom. The van der Waals surface area contributed by atoms with Crippen molar-refractivity contribution in [3.05, 3.63) is 117 Å². The molecular formula is C24H26HfO2. The van der Waals surface area contributed by atoms with Gasteiger partial charge in [0.25, 0.3) is 0 Å². The third kappa shape index (κ3) is 12.0. The van der Waals surface area contributed by atoms with Crippen LogP contribution >= 0.6 is 0 Å². The van der Waals surface area contributed by atoms with Crippen molar-refractivity contribution in [2.45, 2.75) is 19.3 Å². The molecule has 0 saturated carbocycles. The third-order valence-electron chi connectivity index (χ3n) is 3.26. The Hall–Kier alpha value is -2.13. The molecule has 1 aliphatic carbocycles. The van der Waals surface area contributed by atoms with Crippen molar-refractivity contribution in [3.8, 4) is 11.5 Å². The summed E-state index contributed by atoms with van der Waals surface area (Å²) in [5.41, 5.74) is 1.63. The van der Waals surface area contributed by atoms with Crippen LogP contribution in [0.15, 0.2) is 92.1 Å². The van der Waals surface area contributed by atoms with Gasteiger partial charge in [-0.3, -0.25) is 6.08 Å². The van der Waals surface area contributed by atoms with Gasteiger partial charge in [-0.05, 0) is 12.8 Å². The molecule has 0 aliphatic heterocycles. The first-order valence-electron chi connectivity index (χ1n) is 8.12. The van der Waals surface area contributed by atoms with Crippen LogP contribution in [0, 0.1) is 13.5 Å². The quantitative estimate of drug-likeness (QED) is 0.330. The molecule has 0 bridgehead atoms. The van der Waals surface area contributed by atoms with Gasteiger partial charge in [-0.1, -0.05) is 71.8 Å². The van der Waals surface area contributed by atoms with Crippen LogP contribution in [0.1, 0.15) is 17.5 Å². The monoisotopic (exact) mass is 526 g/mol. The maximum atomic E-state index is 11.0. The van der Waals surface area contributed by atoms with Gasteiger partial charge >= 0.3 is 25.8 Å². The summed E-state index contributed by atoms with van der Waals surface area (Å²) in [6.45, 7) is 7.12. The summed E-state index contributed by atoms with van der Waals surface area (Å²) in [5, 5.41) is 21.9. The van der Waals surface area contributed by atoms with Crippen LogP contribution in [-0.2, 0) is 38.7 Å². The van der Waals surface area contributed by atoms with E-state index in [-0.39, 0.29) is 44.8 Å². The number of allylic oxidation sites excluding steroid dienone is 6. The summed E-state index contributed by atoms with van der Waals surface area (Å²) in [5.74, 6) is 0.199. The minimum atomic E-state index is 0. The standard InChI is InChI=1S/2C9H10O.C5H5.CH3.Hf/c2*1-2-5-8-6-3-4-7-9(8)10;1-2-4-5-3-1;;/h2*2-4,6-7,10H,1,5H2;1-3H,4H2;1H3;/q;;2*-1;+4/p-2.